The minimum absolute atomic E-state index is 0.0741. The van der Waals surface area contributed by atoms with Crippen LogP contribution in [0.1, 0.15) is 11.1 Å². The Morgan fingerprint density at radius 1 is 1.29 bits per heavy atom. The molecule has 1 aliphatic rings. The summed E-state index contributed by atoms with van der Waals surface area (Å²) in [6.45, 7) is 1.95. The largest absolute Gasteiger partial charge is 0.354 e. The van der Waals surface area contributed by atoms with Gasteiger partial charge in [-0.2, -0.15) is 5.26 Å². The van der Waals surface area contributed by atoms with E-state index < -0.39 is 11.2 Å². The van der Waals surface area contributed by atoms with Crippen LogP contribution in [0.25, 0.3) is 0 Å². The predicted molar refractivity (Wildman–Crippen MR) is 112 cm³/mol. The molecule has 1 heterocycles. The van der Waals surface area contributed by atoms with Crippen LogP contribution in [0.15, 0.2) is 59.1 Å². The van der Waals surface area contributed by atoms with Gasteiger partial charge in [0.15, 0.2) is 0 Å². The second-order valence-corrected chi connectivity index (χ2v) is 7.95. The van der Waals surface area contributed by atoms with Crippen molar-refractivity contribution in [3.63, 3.8) is 0 Å². The van der Waals surface area contributed by atoms with Gasteiger partial charge in [-0.15, -0.1) is 0 Å². The molecule has 0 unspecified atom stereocenters. The van der Waals surface area contributed by atoms with Gasteiger partial charge < -0.3 is 5.32 Å². The number of amides is 2. The van der Waals surface area contributed by atoms with Crippen molar-refractivity contribution in [3.8, 4) is 6.07 Å². The van der Waals surface area contributed by atoms with E-state index in [1.807, 2.05) is 55.5 Å². The first-order valence-electron chi connectivity index (χ1n) is 8.62. The minimum Gasteiger partial charge on any atom is -0.354 e. The fourth-order valence-electron chi connectivity index (χ4n) is 2.92. The van der Waals surface area contributed by atoms with Gasteiger partial charge in [0.1, 0.15) is 16.7 Å². The van der Waals surface area contributed by atoms with E-state index in [9.17, 15) is 14.9 Å². The van der Waals surface area contributed by atoms with Crippen LogP contribution >= 0.6 is 23.4 Å². The van der Waals surface area contributed by atoms with Gasteiger partial charge >= 0.3 is 0 Å². The van der Waals surface area contributed by atoms with E-state index in [2.05, 4.69) is 5.32 Å². The number of nitrogens with one attached hydrogen (secondary N) is 1. The highest BCUT2D eigenvalue weighted by Gasteiger charge is 2.40. The number of carbonyl (C=O) groups excluding carboxylic acids is 2. The zero-order chi connectivity index (χ0) is 20.3. The topological polar surface area (TPSA) is 73.2 Å². The summed E-state index contributed by atoms with van der Waals surface area (Å²) in [6.07, 6.45) is 0.447. The second kappa shape index (κ2) is 8.51. The summed E-state index contributed by atoms with van der Waals surface area (Å²) in [5, 5.41) is 12.5. The van der Waals surface area contributed by atoms with Gasteiger partial charge in [-0.25, -0.2) is 0 Å². The van der Waals surface area contributed by atoms with Crippen molar-refractivity contribution >= 4 is 40.9 Å². The first kappa shape index (κ1) is 20.0. The van der Waals surface area contributed by atoms with E-state index in [4.69, 9.17) is 11.6 Å². The second-order valence-electron chi connectivity index (χ2n) is 6.32. The van der Waals surface area contributed by atoms with Crippen molar-refractivity contribution < 1.29 is 9.59 Å². The molecule has 5 nitrogen and oxygen atoms in total. The van der Waals surface area contributed by atoms with Crippen LogP contribution in [0.5, 0.6) is 0 Å². The van der Waals surface area contributed by atoms with Gasteiger partial charge in [-0.05, 0) is 43.2 Å². The fraction of sp³-hybridized carbons (Fsp3) is 0.190. The Balaban J connectivity index is 2.04. The number of hydrogen-bond donors (Lipinski definition) is 1. The molecule has 0 bridgehead atoms. The third-order valence-electron chi connectivity index (χ3n) is 4.33. The monoisotopic (exact) mass is 411 g/mol. The van der Waals surface area contributed by atoms with Crippen molar-refractivity contribution in [2.24, 2.45) is 0 Å². The summed E-state index contributed by atoms with van der Waals surface area (Å²) < 4.78 is 0. The van der Waals surface area contributed by atoms with Gasteiger partial charge in [-0.3, -0.25) is 14.5 Å². The predicted octanol–water partition coefficient (Wildman–Crippen LogP) is 3.82. The van der Waals surface area contributed by atoms with Crippen LogP contribution in [0.2, 0.25) is 5.02 Å². The summed E-state index contributed by atoms with van der Waals surface area (Å²) in [7, 11) is 1.46. The van der Waals surface area contributed by atoms with Crippen molar-refractivity contribution in [1.29, 1.82) is 5.26 Å². The molecule has 1 atom stereocenters. The molecular formula is C21H18ClN3O2S. The van der Waals surface area contributed by atoms with E-state index in [1.54, 1.807) is 6.07 Å². The van der Waals surface area contributed by atoms with Gasteiger partial charge in [0.05, 0.1) is 5.25 Å². The maximum atomic E-state index is 13.2. The Labute approximate surface area is 173 Å². The third kappa shape index (κ3) is 4.06. The third-order valence-corrected chi connectivity index (χ3v) is 5.83. The van der Waals surface area contributed by atoms with Crippen molar-refractivity contribution in [2.75, 3.05) is 11.9 Å². The number of rotatable bonds is 4. The molecule has 0 aliphatic carbocycles. The Bertz CT molecular complexity index is 995. The quantitative estimate of drug-likeness (QED) is 0.613. The molecule has 0 saturated carbocycles. The number of anilines is 1. The van der Waals surface area contributed by atoms with Gasteiger partial charge in [0, 0.05) is 17.8 Å². The number of aryl methyl sites for hydroxylation is 1. The number of nitriles is 1. The smallest absolute Gasteiger partial charge is 0.264 e. The summed E-state index contributed by atoms with van der Waals surface area (Å²) in [4.78, 5) is 26.9. The Hall–Kier alpha value is -2.75. The summed E-state index contributed by atoms with van der Waals surface area (Å²) in [5.41, 5.74) is 2.52. The lowest BCUT2D eigenvalue weighted by Crippen LogP contribution is -2.31. The average Bonchev–Trinajstić information content (AvgIpc) is 2.99. The first-order chi connectivity index (χ1) is 13.4. The highest BCUT2D eigenvalue weighted by molar-refractivity contribution is 8.05. The number of hydrogen-bond acceptors (Lipinski definition) is 4. The molecule has 0 aromatic heterocycles. The van der Waals surface area contributed by atoms with Gasteiger partial charge in [0.25, 0.3) is 5.91 Å². The first-order valence-corrected chi connectivity index (χ1v) is 9.88. The van der Waals surface area contributed by atoms with Crippen molar-refractivity contribution in [3.05, 3.63) is 75.3 Å². The van der Waals surface area contributed by atoms with Crippen LogP contribution in [0.4, 0.5) is 5.69 Å². The van der Waals surface area contributed by atoms with Crippen LogP contribution in [0.3, 0.4) is 0 Å². The highest BCUT2D eigenvalue weighted by Crippen LogP contribution is 2.42. The molecule has 2 aromatic rings. The van der Waals surface area contributed by atoms with E-state index in [1.165, 1.54) is 23.7 Å². The number of thioether (sulfide) groups is 1. The summed E-state index contributed by atoms with van der Waals surface area (Å²) in [6, 6.07) is 16.7. The maximum Gasteiger partial charge on any atom is 0.264 e. The highest BCUT2D eigenvalue weighted by atomic mass is 35.5. The van der Waals surface area contributed by atoms with Crippen molar-refractivity contribution in [1.82, 2.24) is 5.32 Å². The number of halogens is 1. The van der Waals surface area contributed by atoms with E-state index in [0.29, 0.717) is 22.2 Å². The fourth-order valence-corrected chi connectivity index (χ4v) is 4.44. The molecule has 2 amide bonds. The SMILES string of the molecule is CNC(=O)/C(C#N)=C1\S[C@H](Cc2cccc(Cl)c2)C(=O)N1c1ccc(C)cc1. The summed E-state index contributed by atoms with van der Waals surface area (Å²) in [5.74, 6) is -0.682. The molecule has 7 heteroatoms. The molecule has 3 rings (SSSR count). The normalized spacial score (nSPS) is 18.0. The molecule has 1 aliphatic heterocycles. The van der Waals surface area contributed by atoms with Crippen LogP contribution < -0.4 is 10.2 Å². The van der Waals surface area contributed by atoms with Crippen LogP contribution in [-0.4, -0.2) is 24.1 Å². The van der Waals surface area contributed by atoms with E-state index in [-0.39, 0.29) is 11.5 Å². The molecular weight excluding hydrogens is 394 g/mol. The molecule has 0 spiro atoms. The maximum absolute atomic E-state index is 13.2. The Kier molecular flexibility index (Phi) is 6.08. The zero-order valence-corrected chi connectivity index (χ0v) is 17.0. The molecule has 0 radical (unpaired) electrons. The molecule has 142 valence electrons. The molecule has 1 fully saturated rings. The number of nitrogens with zero attached hydrogens (tertiary/aromatic N) is 2. The standard InChI is InChI=1S/C21H18ClN3O2S/c1-13-6-8-16(9-7-13)25-20(27)18(11-14-4-3-5-15(22)10-14)28-21(25)17(12-23)19(26)24-2/h3-10,18H,11H2,1-2H3,(H,24,26)/b21-17-/t18-/m1/s1. The average molecular weight is 412 g/mol. The lowest BCUT2D eigenvalue weighted by molar-refractivity contribution is -0.117. The Morgan fingerprint density at radius 2 is 2.00 bits per heavy atom. The molecule has 1 saturated heterocycles. The zero-order valence-electron chi connectivity index (χ0n) is 15.4. The molecule has 1 N–H and O–H groups in total. The number of likely N-dealkylation sites (N-methyl/N-ethyl adjacent to an activating group) is 1. The van der Waals surface area contributed by atoms with Gasteiger partial charge in [-0.1, -0.05) is 53.2 Å². The minimum atomic E-state index is -0.515. The lowest BCUT2D eigenvalue weighted by Gasteiger charge is -2.18. The molecule has 2 aromatic carbocycles. The van der Waals surface area contributed by atoms with E-state index >= 15 is 0 Å². The molecule has 28 heavy (non-hydrogen) atoms. The van der Waals surface area contributed by atoms with Gasteiger partial charge in [0.2, 0.25) is 5.91 Å². The number of benzene rings is 2. The van der Waals surface area contributed by atoms with Crippen molar-refractivity contribution in [2.45, 2.75) is 18.6 Å². The lowest BCUT2D eigenvalue weighted by atomic mass is 10.1. The number of carbonyl (C=O) groups is 2. The van der Waals surface area contributed by atoms with E-state index in [0.717, 1.165) is 11.1 Å². The Morgan fingerprint density at radius 3 is 2.61 bits per heavy atom. The summed E-state index contributed by atoms with van der Waals surface area (Å²) >= 11 is 7.29. The van der Waals surface area contributed by atoms with Crippen LogP contribution in [-0.2, 0) is 16.0 Å². The van der Waals surface area contributed by atoms with Crippen LogP contribution in [0, 0.1) is 18.3 Å².